The highest BCUT2D eigenvalue weighted by atomic mass is 16.3. The Morgan fingerprint density at radius 1 is 0.571 bits per heavy atom. The molecule has 2 nitrogen and oxygen atoms in total. The first-order chi connectivity index (χ1) is 6.79. The van der Waals surface area contributed by atoms with E-state index in [-0.39, 0.29) is 12.2 Å². The molecule has 0 amide bonds. The van der Waals surface area contributed by atoms with Gasteiger partial charge in [0.05, 0.1) is 12.2 Å². The van der Waals surface area contributed by atoms with Crippen molar-refractivity contribution in [3.05, 3.63) is 0 Å². The van der Waals surface area contributed by atoms with Crippen molar-refractivity contribution in [2.45, 2.75) is 63.6 Å². The van der Waals surface area contributed by atoms with E-state index in [1.807, 2.05) is 0 Å². The zero-order valence-corrected chi connectivity index (χ0v) is 8.86. The summed E-state index contributed by atoms with van der Waals surface area (Å²) in [6, 6.07) is 0. The van der Waals surface area contributed by atoms with Crippen LogP contribution in [-0.2, 0) is 0 Å². The molecule has 0 heterocycles. The number of aliphatic hydroxyl groups excluding tert-OH is 2. The van der Waals surface area contributed by atoms with E-state index in [4.69, 9.17) is 0 Å². The second-order valence-electron chi connectivity index (χ2n) is 5.03. The van der Waals surface area contributed by atoms with Crippen molar-refractivity contribution in [3.8, 4) is 0 Å². The van der Waals surface area contributed by atoms with Gasteiger partial charge in [-0.2, -0.15) is 0 Å². The van der Waals surface area contributed by atoms with Crippen LogP contribution in [0, 0.1) is 11.8 Å². The lowest BCUT2D eigenvalue weighted by Crippen LogP contribution is -2.38. The van der Waals surface area contributed by atoms with E-state index < -0.39 is 0 Å². The fourth-order valence-electron chi connectivity index (χ4n) is 3.28. The molecule has 0 aromatic rings. The first kappa shape index (κ1) is 10.4. The van der Waals surface area contributed by atoms with Crippen LogP contribution in [0.5, 0.6) is 0 Å². The molecule has 2 heteroatoms. The zero-order chi connectivity index (χ0) is 9.97. The summed E-state index contributed by atoms with van der Waals surface area (Å²) in [7, 11) is 0. The minimum atomic E-state index is -0.138. The van der Waals surface area contributed by atoms with Gasteiger partial charge in [0, 0.05) is 0 Å². The van der Waals surface area contributed by atoms with Crippen LogP contribution < -0.4 is 0 Å². The van der Waals surface area contributed by atoms with Crippen LogP contribution in [0.3, 0.4) is 0 Å². The molecule has 2 rings (SSSR count). The third kappa shape index (κ3) is 2.12. The molecule has 0 spiro atoms. The van der Waals surface area contributed by atoms with Gasteiger partial charge in [0.2, 0.25) is 0 Å². The summed E-state index contributed by atoms with van der Waals surface area (Å²) in [4.78, 5) is 0. The average molecular weight is 198 g/mol. The molecule has 0 bridgehead atoms. The Kier molecular flexibility index (Phi) is 3.45. The van der Waals surface area contributed by atoms with Crippen molar-refractivity contribution in [1.29, 1.82) is 0 Å². The minimum absolute atomic E-state index is 0.138. The summed E-state index contributed by atoms with van der Waals surface area (Å²) in [5.74, 6) is 0.776. The van der Waals surface area contributed by atoms with Crippen LogP contribution in [0.2, 0.25) is 0 Å². The lowest BCUT2D eigenvalue weighted by Gasteiger charge is -2.39. The average Bonchev–Trinajstić information content (AvgIpc) is 2.20. The van der Waals surface area contributed by atoms with E-state index in [2.05, 4.69) is 0 Å². The van der Waals surface area contributed by atoms with Crippen molar-refractivity contribution in [3.63, 3.8) is 0 Å². The van der Waals surface area contributed by atoms with Gasteiger partial charge in [0.15, 0.2) is 0 Å². The van der Waals surface area contributed by atoms with E-state index in [0.717, 1.165) is 25.7 Å². The van der Waals surface area contributed by atoms with Crippen LogP contribution in [0.1, 0.15) is 51.4 Å². The van der Waals surface area contributed by atoms with Crippen molar-refractivity contribution in [2.24, 2.45) is 11.8 Å². The fraction of sp³-hybridized carbons (Fsp3) is 1.00. The zero-order valence-electron chi connectivity index (χ0n) is 8.86. The summed E-state index contributed by atoms with van der Waals surface area (Å²) < 4.78 is 0. The monoisotopic (exact) mass is 198 g/mol. The van der Waals surface area contributed by atoms with E-state index in [1.165, 1.54) is 25.7 Å². The van der Waals surface area contributed by atoms with Crippen LogP contribution in [-0.4, -0.2) is 22.4 Å². The molecular formula is C12H22O2. The van der Waals surface area contributed by atoms with Gasteiger partial charge in [-0.15, -0.1) is 0 Å². The van der Waals surface area contributed by atoms with Gasteiger partial charge in [-0.1, -0.05) is 25.7 Å². The molecule has 2 saturated carbocycles. The Labute approximate surface area is 86.3 Å². The van der Waals surface area contributed by atoms with Gasteiger partial charge < -0.3 is 10.2 Å². The third-order valence-corrected chi connectivity index (χ3v) is 4.11. The Morgan fingerprint density at radius 3 is 1.29 bits per heavy atom. The molecule has 0 aromatic heterocycles. The Hall–Kier alpha value is -0.0800. The van der Waals surface area contributed by atoms with Crippen molar-refractivity contribution in [2.75, 3.05) is 0 Å². The molecule has 0 aromatic carbocycles. The molecule has 0 unspecified atom stereocenters. The van der Waals surface area contributed by atoms with Crippen LogP contribution in [0.4, 0.5) is 0 Å². The van der Waals surface area contributed by atoms with E-state index >= 15 is 0 Å². The largest absolute Gasteiger partial charge is 0.393 e. The van der Waals surface area contributed by atoms with Gasteiger partial charge in [-0.3, -0.25) is 0 Å². The lowest BCUT2D eigenvalue weighted by atomic mass is 9.71. The first-order valence-electron chi connectivity index (χ1n) is 6.15. The number of hydrogen-bond donors (Lipinski definition) is 2. The van der Waals surface area contributed by atoms with E-state index in [0.29, 0.717) is 11.8 Å². The smallest absolute Gasteiger partial charge is 0.0572 e. The number of rotatable bonds is 1. The summed E-state index contributed by atoms with van der Waals surface area (Å²) in [5, 5.41) is 19.9. The second-order valence-corrected chi connectivity index (χ2v) is 5.03. The Morgan fingerprint density at radius 2 is 0.929 bits per heavy atom. The highest BCUT2D eigenvalue weighted by Gasteiger charge is 2.35. The number of aliphatic hydroxyl groups is 2. The molecule has 2 fully saturated rings. The SMILES string of the molecule is O[C@@H]1CCCC[C@H]1[C@@H]1CCCC[C@@H]1O. The summed E-state index contributed by atoms with van der Waals surface area (Å²) >= 11 is 0. The Bertz CT molecular complexity index is 161. The highest BCUT2D eigenvalue weighted by Crippen LogP contribution is 2.38. The van der Waals surface area contributed by atoms with Crippen molar-refractivity contribution in [1.82, 2.24) is 0 Å². The normalized spacial score (nSPS) is 45.0. The van der Waals surface area contributed by atoms with Gasteiger partial charge in [-0.25, -0.2) is 0 Å². The molecule has 0 radical (unpaired) electrons. The molecular weight excluding hydrogens is 176 g/mol. The van der Waals surface area contributed by atoms with Crippen molar-refractivity contribution < 1.29 is 10.2 Å². The quantitative estimate of drug-likeness (QED) is 0.677. The maximum atomic E-state index is 9.93. The molecule has 0 aliphatic heterocycles. The minimum Gasteiger partial charge on any atom is -0.393 e. The van der Waals surface area contributed by atoms with Crippen LogP contribution in [0.15, 0.2) is 0 Å². The fourth-order valence-corrected chi connectivity index (χ4v) is 3.28. The predicted octanol–water partition coefficient (Wildman–Crippen LogP) is 2.09. The molecule has 82 valence electrons. The van der Waals surface area contributed by atoms with E-state index in [1.54, 1.807) is 0 Å². The standard InChI is InChI=1S/C12H22O2/c13-11-7-3-1-5-9(11)10-6-2-4-8-12(10)14/h9-14H,1-8H2/t9-,10-,11-,12+/m0/s1. The maximum Gasteiger partial charge on any atom is 0.0572 e. The summed E-state index contributed by atoms with van der Waals surface area (Å²) in [6.07, 6.45) is 8.70. The topological polar surface area (TPSA) is 40.5 Å². The van der Waals surface area contributed by atoms with Crippen LogP contribution in [0.25, 0.3) is 0 Å². The maximum absolute atomic E-state index is 9.93. The molecule has 2 N–H and O–H groups in total. The molecule has 2 aliphatic carbocycles. The van der Waals surface area contributed by atoms with Gasteiger partial charge >= 0.3 is 0 Å². The Balaban J connectivity index is 1.96. The van der Waals surface area contributed by atoms with Crippen molar-refractivity contribution >= 4 is 0 Å². The third-order valence-electron chi connectivity index (χ3n) is 4.11. The first-order valence-corrected chi connectivity index (χ1v) is 6.15. The molecule has 2 aliphatic rings. The molecule has 4 atom stereocenters. The summed E-state index contributed by atoms with van der Waals surface area (Å²) in [6.45, 7) is 0. The number of hydrogen-bond acceptors (Lipinski definition) is 2. The van der Waals surface area contributed by atoms with Gasteiger partial charge in [-0.05, 0) is 37.5 Å². The van der Waals surface area contributed by atoms with Gasteiger partial charge in [0.25, 0.3) is 0 Å². The molecule has 14 heavy (non-hydrogen) atoms. The lowest BCUT2D eigenvalue weighted by molar-refractivity contribution is -0.0325. The van der Waals surface area contributed by atoms with Crippen LogP contribution >= 0.6 is 0 Å². The predicted molar refractivity (Wildman–Crippen MR) is 55.9 cm³/mol. The summed E-state index contributed by atoms with van der Waals surface area (Å²) in [5.41, 5.74) is 0. The second kappa shape index (κ2) is 4.63. The highest BCUT2D eigenvalue weighted by molar-refractivity contribution is 4.86. The van der Waals surface area contributed by atoms with E-state index in [9.17, 15) is 10.2 Å². The van der Waals surface area contributed by atoms with Gasteiger partial charge in [0.1, 0.15) is 0 Å². The molecule has 0 saturated heterocycles.